The lowest BCUT2D eigenvalue weighted by Crippen LogP contribution is -2.52. The summed E-state index contributed by atoms with van der Waals surface area (Å²) in [6.07, 6.45) is 0.647. The zero-order chi connectivity index (χ0) is 28.7. The van der Waals surface area contributed by atoms with Crippen molar-refractivity contribution in [2.45, 2.75) is 50.7 Å². The summed E-state index contributed by atoms with van der Waals surface area (Å²) in [7, 11) is -4.33. The van der Waals surface area contributed by atoms with Gasteiger partial charge in [0.15, 0.2) is 0 Å². The topological polar surface area (TPSA) is 86.8 Å². The molecule has 1 N–H and O–H groups in total. The van der Waals surface area contributed by atoms with E-state index in [0.717, 1.165) is 21.3 Å². The molecule has 0 saturated heterocycles. The van der Waals surface area contributed by atoms with Crippen LogP contribution in [-0.2, 0) is 26.2 Å². The predicted octanol–water partition coefficient (Wildman–Crippen LogP) is 5.15. The maximum Gasteiger partial charge on any atom is 0.264 e. The zero-order valence-electron chi connectivity index (χ0n) is 21.8. The number of hydrogen-bond donors (Lipinski definition) is 1. The van der Waals surface area contributed by atoms with Crippen molar-refractivity contribution < 1.29 is 26.8 Å². The van der Waals surface area contributed by atoms with Crippen molar-refractivity contribution >= 4 is 39.1 Å². The molecule has 0 bridgehead atoms. The van der Waals surface area contributed by atoms with Gasteiger partial charge in [0.25, 0.3) is 10.0 Å². The molecule has 0 saturated carbocycles. The van der Waals surface area contributed by atoms with Gasteiger partial charge in [-0.15, -0.1) is 0 Å². The van der Waals surface area contributed by atoms with E-state index in [1.807, 2.05) is 6.92 Å². The van der Waals surface area contributed by atoms with Crippen LogP contribution in [0.15, 0.2) is 77.7 Å². The van der Waals surface area contributed by atoms with Gasteiger partial charge >= 0.3 is 0 Å². The lowest BCUT2D eigenvalue weighted by molar-refractivity contribution is -0.139. The van der Waals surface area contributed by atoms with Gasteiger partial charge in [-0.2, -0.15) is 0 Å². The summed E-state index contributed by atoms with van der Waals surface area (Å²) in [6.45, 7) is 4.14. The Bertz CT molecular complexity index is 1420. The monoisotopic (exact) mass is 577 g/mol. The fourth-order valence-electron chi connectivity index (χ4n) is 3.75. The van der Waals surface area contributed by atoms with Crippen LogP contribution in [-0.4, -0.2) is 43.8 Å². The molecule has 0 aliphatic rings. The molecule has 0 spiro atoms. The molecule has 2 amide bonds. The number of carbonyl (C=O) groups is 2. The number of nitrogens with zero attached hydrogens (tertiary/aromatic N) is 2. The summed E-state index contributed by atoms with van der Waals surface area (Å²) in [6, 6.07) is 15.2. The number of amides is 2. The van der Waals surface area contributed by atoms with Gasteiger partial charge in [-0.25, -0.2) is 17.2 Å². The third-order valence-corrected chi connectivity index (χ3v) is 8.35. The molecule has 0 unspecified atom stereocenters. The van der Waals surface area contributed by atoms with Gasteiger partial charge < -0.3 is 10.2 Å². The standard InChI is InChI=1S/C28H30ClF2N3O4S/c1-4-19(2)32-28(36)20(3)33(17-21-10-8-9-13-25(21)30)27(35)18-34(22-14-15-26(31)24(29)16-22)39(37,38)23-11-6-5-7-12-23/h5-16,19-20H,4,17-18H2,1-3H3,(H,32,36)/t19-,20+/m0/s1. The van der Waals surface area contributed by atoms with E-state index in [-0.39, 0.29) is 33.8 Å². The van der Waals surface area contributed by atoms with E-state index in [1.54, 1.807) is 19.1 Å². The van der Waals surface area contributed by atoms with E-state index >= 15 is 0 Å². The SMILES string of the molecule is CC[C@H](C)NC(=O)[C@@H](C)N(Cc1ccccc1F)C(=O)CN(c1ccc(F)c(Cl)c1)S(=O)(=O)c1ccccc1. The third kappa shape index (κ3) is 7.33. The minimum atomic E-state index is -4.33. The molecular formula is C28H30ClF2N3O4S. The smallest absolute Gasteiger partial charge is 0.264 e. The average Bonchev–Trinajstić information content (AvgIpc) is 2.92. The Balaban J connectivity index is 2.05. The largest absolute Gasteiger partial charge is 0.352 e. The predicted molar refractivity (Wildman–Crippen MR) is 147 cm³/mol. The lowest BCUT2D eigenvalue weighted by atomic mass is 10.1. The molecule has 11 heteroatoms. The van der Waals surface area contributed by atoms with Crippen LogP contribution in [0.25, 0.3) is 0 Å². The highest BCUT2D eigenvalue weighted by Crippen LogP contribution is 2.28. The Labute approximate surface area is 232 Å². The van der Waals surface area contributed by atoms with Crippen LogP contribution in [0.4, 0.5) is 14.5 Å². The summed E-state index contributed by atoms with van der Waals surface area (Å²) >= 11 is 5.95. The highest BCUT2D eigenvalue weighted by Gasteiger charge is 2.33. The number of sulfonamides is 1. The van der Waals surface area contributed by atoms with E-state index in [1.165, 1.54) is 55.5 Å². The fourth-order valence-corrected chi connectivity index (χ4v) is 5.35. The molecule has 2 atom stereocenters. The van der Waals surface area contributed by atoms with E-state index in [2.05, 4.69) is 5.32 Å². The molecule has 0 aromatic heterocycles. The second-order valence-electron chi connectivity index (χ2n) is 9.03. The molecule has 0 aliphatic heterocycles. The number of halogens is 3. The van der Waals surface area contributed by atoms with Crippen LogP contribution < -0.4 is 9.62 Å². The molecule has 39 heavy (non-hydrogen) atoms. The number of anilines is 1. The normalized spacial score (nSPS) is 12.9. The first-order valence-corrected chi connectivity index (χ1v) is 14.1. The molecular weight excluding hydrogens is 548 g/mol. The molecule has 3 rings (SSSR count). The van der Waals surface area contributed by atoms with Gasteiger partial charge in [0.2, 0.25) is 11.8 Å². The number of nitrogens with one attached hydrogen (secondary N) is 1. The van der Waals surface area contributed by atoms with Crippen LogP contribution in [0.1, 0.15) is 32.8 Å². The van der Waals surface area contributed by atoms with Gasteiger partial charge in [0.05, 0.1) is 15.6 Å². The number of benzene rings is 3. The first kappa shape index (κ1) is 30.0. The maximum atomic E-state index is 14.6. The highest BCUT2D eigenvalue weighted by atomic mass is 35.5. The summed E-state index contributed by atoms with van der Waals surface area (Å²) in [5, 5.41) is 2.47. The second-order valence-corrected chi connectivity index (χ2v) is 11.3. The van der Waals surface area contributed by atoms with Crippen molar-refractivity contribution in [3.8, 4) is 0 Å². The van der Waals surface area contributed by atoms with E-state index in [4.69, 9.17) is 11.6 Å². The van der Waals surface area contributed by atoms with Crippen LogP contribution in [0.3, 0.4) is 0 Å². The highest BCUT2D eigenvalue weighted by molar-refractivity contribution is 7.92. The Morgan fingerprint density at radius 1 is 0.949 bits per heavy atom. The van der Waals surface area contributed by atoms with Crippen molar-refractivity contribution in [3.63, 3.8) is 0 Å². The Hall–Kier alpha value is -3.50. The molecule has 208 valence electrons. The molecule has 0 heterocycles. The van der Waals surface area contributed by atoms with Gasteiger partial charge in [-0.1, -0.05) is 54.9 Å². The number of hydrogen-bond acceptors (Lipinski definition) is 4. The van der Waals surface area contributed by atoms with E-state index in [9.17, 15) is 26.8 Å². The van der Waals surface area contributed by atoms with Crippen molar-refractivity contribution in [2.75, 3.05) is 10.8 Å². The fraction of sp³-hybridized carbons (Fsp3) is 0.286. The van der Waals surface area contributed by atoms with Crippen molar-refractivity contribution in [2.24, 2.45) is 0 Å². The van der Waals surface area contributed by atoms with Crippen LogP contribution >= 0.6 is 11.6 Å². The summed E-state index contributed by atoms with van der Waals surface area (Å²) in [5.41, 5.74) is 0.0949. The quantitative estimate of drug-likeness (QED) is 0.342. The Kier molecular flexibility index (Phi) is 10.0. The van der Waals surface area contributed by atoms with E-state index in [0.29, 0.717) is 6.42 Å². The third-order valence-electron chi connectivity index (χ3n) is 6.27. The Morgan fingerprint density at radius 3 is 2.21 bits per heavy atom. The van der Waals surface area contributed by atoms with Gasteiger partial charge in [0.1, 0.15) is 24.2 Å². The molecule has 0 aliphatic carbocycles. The first-order valence-electron chi connectivity index (χ1n) is 12.3. The Morgan fingerprint density at radius 2 is 1.59 bits per heavy atom. The summed E-state index contributed by atoms with van der Waals surface area (Å²) in [4.78, 5) is 27.8. The van der Waals surface area contributed by atoms with Crippen LogP contribution in [0.2, 0.25) is 5.02 Å². The van der Waals surface area contributed by atoms with Gasteiger partial charge in [-0.05, 0) is 56.7 Å². The first-order chi connectivity index (χ1) is 18.4. The molecule has 0 fully saturated rings. The molecule has 0 radical (unpaired) electrons. The maximum absolute atomic E-state index is 14.6. The van der Waals surface area contributed by atoms with Crippen molar-refractivity contribution in [1.82, 2.24) is 10.2 Å². The minimum Gasteiger partial charge on any atom is -0.352 e. The summed E-state index contributed by atoms with van der Waals surface area (Å²) in [5.74, 6) is -2.59. The van der Waals surface area contributed by atoms with Crippen molar-refractivity contribution in [1.29, 1.82) is 0 Å². The zero-order valence-corrected chi connectivity index (χ0v) is 23.3. The number of carbonyl (C=O) groups excluding carboxylic acids is 2. The van der Waals surface area contributed by atoms with Crippen LogP contribution in [0.5, 0.6) is 0 Å². The van der Waals surface area contributed by atoms with Crippen LogP contribution in [0, 0.1) is 11.6 Å². The molecule has 3 aromatic carbocycles. The summed E-state index contributed by atoms with van der Waals surface area (Å²) < 4.78 is 56.6. The average molecular weight is 578 g/mol. The van der Waals surface area contributed by atoms with Gasteiger partial charge in [-0.3, -0.25) is 13.9 Å². The van der Waals surface area contributed by atoms with Crippen molar-refractivity contribution in [3.05, 3.63) is 95.0 Å². The second kappa shape index (κ2) is 13.0. The number of rotatable bonds is 11. The molecule has 7 nitrogen and oxygen atoms in total. The molecule has 3 aromatic rings. The van der Waals surface area contributed by atoms with Gasteiger partial charge in [0, 0.05) is 18.2 Å². The lowest BCUT2D eigenvalue weighted by Gasteiger charge is -2.32. The minimum absolute atomic E-state index is 0.0545. The van der Waals surface area contributed by atoms with E-state index < -0.39 is 46.1 Å².